The molecule has 1 aliphatic rings. The highest BCUT2D eigenvalue weighted by Crippen LogP contribution is 2.25. The first-order valence-electron chi connectivity index (χ1n) is 8.07. The molecule has 2 aromatic rings. The molecule has 0 saturated carbocycles. The van der Waals surface area contributed by atoms with Crippen molar-refractivity contribution in [1.29, 1.82) is 0 Å². The van der Waals surface area contributed by atoms with Gasteiger partial charge in [0.15, 0.2) is 0 Å². The van der Waals surface area contributed by atoms with E-state index in [0.717, 1.165) is 5.56 Å². The van der Waals surface area contributed by atoms with Crippen LogP contribution >= 0.6 is 0 Å². The molecule has 2 amide bonds. The summed E-state index contributed by atoms with van der Waals surface area (Å²) in [5.41, 5.74) is 1.51. The minimum absolute atomic E-state index is 0.133. The Hall–Kier alpha value is -2.73. The van der Waals surface area contributed by atoms with Gasteiger partial charge in [0.05, 0.1) is 25.3 Å². The van der Waals surface area contributed by atoms with Gasteiger partial charge in [0.2, 0.25) is 5.91 Å². The van der Waals surface area contributed by atoms with Crippen LogP contribution in [-0.4, -0.2) is 31.5 Å². The zero-order valence-corrected chi connectivity index (χ0v) is 13.9. The molecule has 25 heavy (non-hydrogen) atoms. The third-order valence-corrected chi connectivity index (χ3v) is 4.19. The number of carbonyl (C=O) groups excluding carboxylic acids is 2. The van der Waals surface area contributed by atoms with Crippen molar-refractivity contribution < 1.29 is 18.7 Å². The minimum Gasteiger partial charge on any atom is -0.497 e. The van der Waals surface area contributed by atoms with Gasteiger partial charge in [-0.1, -0.05) is 12.1 Å². The van der Waals surface area contributed by atoms with Crippen LogP contribution < -0.4 is 15.0 Å². The zero-order chi connectivity index (χ0) is 17.8. The van der Waals surface area contributed by atoms with Gasteiger partial charge in [0.1, 0.15) is 11.6 Å². The van der Waals surface area contributed by atoms with Crippen LogP contribution in [0.25, 0.3) is 0 Å². The smallest absolute Gasteiger partial charge is 0.251 e. The summed E-state index contributed by atoms with van der Waals surface area (Å²) in [6, 6.07) is 12.5. The van der Waals surface area contributed by atoms with Crippen LogP contribution in [0.5, 0.6) is 5.75 Å². The predicted molar refractivity (Wildman–Crippen MR) is 92.0 cm³/mol. The highest BCUT2D eigenvalue weighted by Gasteiger charge is 2.39. The van der Waals surface area contributed by atoms with Crippen molar-refractivity contribution in [1.82, 2.24) is 5.32 Å². The lowest BCUT2D eigenvalue weighted by molar-refractivity contribution is -0.121. The van der Waals surface area contributed by atoms with E-state index < -0.39 is 6.04 Å². The molecule has 3 rings (SSSR count). The van der Waals surface area contributed by atoms with Gasteiger partial charge in [-0.3, -0.25) is 9.59 Å². The van der Waals surface area contributed by atoms with Gasteiger partial charge in [-0.05, 0) is 54.9 Å². The predicted octanol–water partition coefficient (Wildman–Crippen LogP) is 2.30. The van der Waals surface area contributed by atoms with Crippen LogP contribution in [0.1, 0.15) is 12.0 Å². The molecule has 0 bridgehead atoms. The number of rotatable bonds is 6. The van der Waals surface area contributed by atoms with Gasteiger partial charge >= 0.3 is 0 Å². The SMILES string of the molecule is COc1ccc(N2C(=O)C[C@H](NCCc3ccc(F)cc3)C2=O)cc1. The number of nitrogens with one attached hydrogen (secondary N) is 1. The summed E-state index contributed by atoms with van der Waals surface area (Å²) in [7, 11) is 1.56. The van der Waals surface area contributed by atoms with E-state index in [9.17, 15) is 14.0 Å². The summed E-state index contributed by atoms with van der Waals surface area (Å²) in [4.78, 5) is 25.9. The summed E-state index contributed by atoms with van der Waals surface area (Å²) < 4.78 is 18.0. The number of methoxy groups -OCH3 is 1. The standard InChI is InChI=1S/C19H19FN2O3/c1-25-16-8-6-15(7-9-16)22-18(23)12-17(19(22)24)21-11-10-13-2-4-14(20)5-3-13/h2-9,17,21H,10-12H2,1H3/t17-/m0/s1. The zero-order valence-electron chi connectivity index (χ0n) is 13.9. The summed E-state index contributed by atoms with van der Waals surface area (Å²) in [6.45, 7) is 0.534. The van der Waals surface area contributed by atoms with Crippen LogP contribution in [-0.2, 0) is 16.0 Å². The maximum absolute atomic E-state index is 12.9. The van der Waals surface area contributed by atoms with Gasteiger partial charge in [0, 0.05) is 0 Å². The third-order valence-electron chi connectivity index (χ3n) is 4.19. The number of benzene rings is 2. The third kappa shape index (κ3) is 3.85. The van der Waals surface area contributed by atoms with Crippen LogP contribution in [0, 0.1) is 5.82 Å². The maximum Gasteiger partial charge on any atom is 0.251 e. The molecule has 1 N–H and O–H groups in total. The number of ether oxygens (including phenoxy) is 1. The Morgan fingerprint density at radius 1 is 1.12 bits per heavy atom. The number of carbonyl (C=O) groups is 2. The number of imide groups is 1. The lowest BCUT2D eigenvalue weighted by atomic mass is 10.1. The van der Waals surface area contributed by atoms with E-state index in [0.29, 0.717) is 24.4 Å². The Morgan fingerprint density at radius 2 is 1.80 bits per heavy atom. The molecular weight excluding hydrogens is 323 g/mol. The fraction of sp³-hybridized carbons (Fsp3) is 0.263. The molecule has 0 spiro atoms. The number of amides is 2. The number of nitrogens with zero attached hydrogens (tertiary/aromatic N) is 1. The lowest BCUT2D eigenvalue weighted by Gasteiger charge is -2.16. The first-order chi connectivity index (χ1) is 12.1. The first-order valence-corrected chi connectivity index (χ1v) is 8.07. The van der Waals surface area contributed by atoms with E-state index in [1.165, 1.54) is 17.0 Å². The molecule has 1 atom stereocenters. The topological polar surface area (TPSA) is 58.6 Å². The van der Waals surface area contributed by atoms with Crippen molar-refractivity contribution in [3.05, 3.63) is 59.9 Å². The largest absolute Gasteiger partial charge is 0.497 e. The number of hydrogen-bond acceptors (Lipinski definition) is 4. The first kappa shape index (κ1) is 17.1. The van der Waals surface area contributed by atoms with Crippen molar-refractivity contribution in [2.75, 3.05) is 18.6 Å². The van der Waals surface area contributed by atoms with Crippen LogP contribution in [0.2, 0.25) is 0 Å². The lowest BCUT2D eigenvalue weighted by Crippen LogP contribution is -2.39. The second kappa shape index (κ2) is 7.44. The molecule has 1 saturated heterocycles. The fourth-order valence-electron chi connectivity index (χ4n) is 2.84. The highest BCUT2D eigenvalue weighted by molar-refractivity contribution is 6.22. The Balaban J connectivity index is 1.59. The molecule has 0 radical (unpaired) electrons. The van der Waals surface area contributed by atoms with Crippen molar-refractivity contribution in [2.45, 2.75) is 18.9 Å². The molecule has 5 nitrogen and oxygen atoms in total. The Bertz CT molecular complexity index is 759. The molecule has 1 fully saturated rings. The van der Waals surface area contributed by atoms with Gasteiger partial charge in [-0.25, -0.2) is 9.29 Å². The van der Waals surface area contributed by atoms with E-state index in [4.69, 9.17) is 4.74 Å². The quantitative estimate of drug-likeness (QED) is 0.819. The maximum atomic E-state index is 12.9. The Labute approximate surface area is 145 Å². The molecule has 1 heterocycles. The molecule has 2 aromatic carbocycles. The molecular formula is C19H19FN2O3. The normalized spacial score (nSPS) is 17.2. The van der Waals surface area contributed by atoms with E-state index >= 15 is 0 Å². The Morgan fingerprint density at radius 3 is 2.44 bits per heavy atom. The van der Waals surface area contributed by atoms with Gasteiger partial charge < -0.3 is 10.1 Å². The summed E-state index contributed by atoms with van der Waals surface area (Å²) in [5, 5.41) is 3.12. The van der Waals surface area contributed by atoms with Crippen molar-refractivity contribution in [3.63, 3.8) is 0 Å². The number of anilines is 1. The summed E-state index contributed by atoms with van der Waals surface area (Å²) >= 11 is 0. The van der Waals surface area contributed by atoms with E-state index in [2.05, 4.69) is 5.32 Å². The Kier molecular flexibility index (Phi) is 5.09. The van der Waals surface area contributed by atoms with Gasteiger partial charge in [-0.15, -0.1) is 0 Å². The summed E-state index contributed by atoms with van der Waals surface area (Å²) in [6.07, 6.45) is 0.787. The number of halogens is 1. The number of hydrogen-bond donors (Lipinski definition) is 1. The second-order valence-corrected chi connectivity index (χ2v) is 5.85. The average molecular weight is 342 g/mol. The van der Waals surface area contributed by atoms with Crippen molar-refractivity contribution >= 4 is 17.5 Å². The van der Waals surface area contributed by atoms with Crippen LogP contribution in [0.4, 0.5) is 10.1 Å². The highest BCUT2D eigenvalue weighted by atomic mass is 19.1. The molecule has 0 aromatic heterocycles. The van der Waals surface area contributed by atoms with Crippen LogP contribution in [0.3, 0.4) is 0 Å². The molecule has 130 valence electrons. The minimum atomic E-state index is -0.532. The van der Waals surface area contributed by atoms with Gasteiger partial charge in [0.25, 0.3) is 5.91 Å². The molecule has 6 heteroatoms. The second-order valence-electron chi connectivity index (χ2n) is 5.85. The fourth-order valence-corrected chi connectivity index (χ4v) is 2.84. The van der Waals surface area contributed by atoms with E-state index in [1.54, 1.807) is 43.5 Å². The van der Waals surface area contributed by atoms with E-state index in [-0.39, 0.29) is 24.1 Å². The summed E-state index contributed by atoms with van der Waals surface area (Å²) in [5.74, 6) is -0.0936. The monoisotopic (exact) mass is 342 g/mol. The molecule has 0 aliphatic carbocycles. The van der Waals surface area contributed by atoms with Crippen molar-refractivity contribution in [2.24, 2.45) is 0 Å². The van der Waals surface area contributed by atoms with Crippen molar-refractivity contribution in [3.8, 4) is 5.75 Å². The molecule has 1 aliphatic heterocycles. The molecule has 0 unspecified atom stereocenters. The van der Waals surface area contributed by atoms with Gasteiger partial charge in [-0.2, -0.15) is 0 Å². The average Bonchev–Trinajstić information content (AvgIpc) is 2.90. The van der Waals surface area contributed by atoms with E-state index in [1.807, 2.05) is 0 Å². The van der Waals surface area contributed by atoms with Crippen LogP contribution in [0.15, 0.2) is 48.5 Å².